The molecular weight excluding hydrogens is 356 g/mol. The molecule has 1 aliphatic carbocycles. The number of hydrogen-bond donors (Lipinski definition) is 2. The molecular formula is C18H28N2O5S. The predicted octanol–water partition coefficient (Wildman–Crippen LogP) is 1.76. The molecule has 8 heteroatoms. The molecule has 1 aromatic rings. The van der Waals surface area contributed by atoms with Gasteiger partial charge in [0.2, 0.25) is 10.0 Å². The summed E-state index contributed by atoms with van der Waals surface area (Å²) >= 11 is 0. The van der Waals surface area contributed by atoms with Crippen LogP contribution < -0.4 is 10.1 Å². The van der Waals surface area contributed by atoms with Crippen LogP contribution in [0.2, 0.25) is 0 Å². The minimum absolute atomic E-state index is 0.00693. The second-order valence-electron chi connectivity index (χ2n) is 6.93. The van der Waals surface area contributed by atoms with E-state index in [-0.39, 0.29) is 16.5 Å². The van der Waals surface area contributed by atoms with Crippen LogP contribution >= 0.6 is 0 Å². The molecule has 26 heavy (non-hydrogen) atoms. The Bertz CT molecular complexity index is 748. The van der Waals surface area contributed by atoms with Crippen LogP contribution in [0.4, 0.5) is 0 Å². The molecule has 2 N–H and O–H groups in total. The lowest BCUT2D eigenvalue weighted by Crippen LogP contribution is -2.46. The largest absolute Gasteiger partial charge is 0.496 e. The van der Waals surface area contributed by atoms with Crippen LogP contribution in [-0.2, 0) is 10.0 Å². The van der Waals surface area contributed by atoms with E-state index in [9.17, 15) is 18.3 Å². The number of carbonyl (C=O) groups is 1. The van der Waals surface area contributed by atoms with Crippen LogP contribution in [0, 0.1) is 0 Å². The van der Waals surface area contributed by atoms with Crippen molar-refractivity contribution in [1.82, 2.24) is 9.62 Å². The molecule has 2 rings (SSSR count). The molecule has 2 atom stereocenters. The number of nitrogens with zero attached hydrogens (tertiary/aromatic N) is 1. The number of methoxy groups -OCH3 is 1. The zero-order valence-electron chi connectivity index (χ0n) is 15.7. The van der Waals surface area contributed by atoms with Gasteiger partial charge in [0.1, 0.15) is 5.75 Å². The first-order valence-corrected chi connectivity index (χ1v) is 10.3. The first-order chi connectivity index (χ1) is 12.2. The number of ether oxygens (including phenoxy) is 1. The fourth-order valence-electron chi connectivity index (χ4n) is 3.23. The normalized spacial score (nSPS) is 21.0. The number of aliphatic hydroxyl groups is 1. The van der Waals surface area contributed by atoms with E-state index in [4.69, 9.17) is 4.74 Å². The molecule has 0 radical (unpaired) electrons. The van der Waals surface area contributed by atoms with Crippen LogP contribution in [0.1, 0.15) is 49.9 Å². The lowest BCUT2D eigenvalue weighted by Gasteiger charge is -2.34. The van der Waals surface area contributed by atoms with Crippen molar-refractivity contribution in [2.45, 2.75) is 62.6 Å². The zero-order chi connectivity index (χ0) is 19.5. The minimum atomic E-state index is -3.84. The van der Waals surface area contributed by atoms with Gasteiger partial charge in [0.05, 0.1) is 29.7 Å². The number of likely N-dealkylation sites (N-methyl/N-ethyl adjacent to an activating group) is 1. The van der Waals surface area contributed by atoms with Crippen molar-refractivity contribution in [1.29, 1.82) is 0 Å². The highest BCUT2D eigenvalue weighted by atomic mass is 32.2. The maximum absolute atomic E-state index is 13.0. The van der Waals surface area contributed by atoms with E-state index in [1.807, 2.05) is 13.8 Å². The fourth-order valence-corrected chi connectivity index (χ4v) is 4.67. The lowest BCUT2D eigenvalue weighted by molar-refractivity contribution is 0.0638. The van der Waals surface area contributed by atoms with E-state index >= 15 is 0 Å². The highest BCUT2D eigenvalue weighted by molar-refractivity contribution is 7.89. The average molecular weight is 384 g/mol. The number of rotatable bonds is 6. The summed E-state index contributed by atoms with van der Waals surface area (Å²) in [4.78, 5) is 12.4. The Hall–Kier alpha value is -1.64. The van der Waals surface area contributed by atoms with Gasteiger partial charge in [-0.15, -0.1) is 0 Å². The SMILES string of the molecule is COc1ccc(S(=O)(=O)N(C)[C@@H]2CCCC[C@H]2O)cc1C(=O)NC(C)C. The van der Waals surface area contributed by atoms with Crippen molar-refractivity contribution >= 4 is 15.9 Å². The molecule has 0 heterocycles. The third-order valence-electron chi connectivity index (χ3n) is 4.67. The van der Waals surface area contributed by atoms with Crippen LogP contribution in [-0.4, -0.2) is 56.1 Å². The predicted molar refractivity (Wildman–Crippen MR) is 98.8 cm³/mol. The highest BCUT2D eigenvalue weighted by Gasteiger charge is 2.34. The standard InChI is InChI=1S/C18H28N2O5S/c1-12(2)19-18(22)14-11-13(9-10-17(14)25-4)26(23,24)20(3)15-7-5-6-8-16(15)21/h9-12,15-16,21H,5-8H2,1-4H3,(H,19,22)/t15-,16-/m1/s1. The molecule has 0 unspecified atom stereocenters. The summed E-state index contributed by atoms with van der Waals surface area (Å²) in [7, 11) is -0.934. The summed E-state index contributed by atoms with van der Waals surface area (Å²) in [6.07, 6.45) is 2.31. The van der Waals surface area contributed by atoms with E-state index < -0.39 is 28.1 Å². The molecule has 1 fully saturated rings. The van der Waals surface area contributed by atoms with Gasteiger partial charge in [-0.05, 0) is 44.9 Å². The van der Waals surface area contributed by atoms with Crippen molar-refractivity contribution in [3.8, 4) is 5.75 Å². The van der Waals surface area contributed by atoms with Crippen molar-refractivity contribution in [3.63, 3.8) is 0 Å². The summed E-state index contributed by atoms with van der Waals surface area (Å²) < 4.78 is 32.5. The van der Waals surface area contributed by atoms with Gasteiger partial charge in [-0.3, -0.25) is 4.79 Å². The molecule has 0 aromatic heterocycles. The van der Waals surface area contributed by atoms with Gasteiger partial charge >= 0.3 is 0 Å². The fraction of sp³-hybridized carbons (Fsp3) is 0.611. The summed E-state index contributed by atoms with van der Waals surface area (Å²) in [6, 6.07) is 3.69. The van der Waals surface area contributed by atoms with Gasteiger partial charge < -0.3 is 15.2 Å². The van der Waals surface area contributed by atoms with Crippen molar-refractivity contribution < 1.29 is 23.1 Å². The van der Waals surface area contributed by atoms with E-state index in [1.54, 1.807) is 0 Å². The van der Waals surface area contributed by atoms with E-state index in [1.165, 1.54) is 36.7 Å². The molecule has 1 aromatic carbocycles. The Morgan fingerprint density at radius 3 is 2.54 bits per heavy atom. The Balaban J connectivity index is 2.38. The monoisotopic (exact) mass is 384 g/mol. The third-order valence-corrected chi connectivity index (χ3v) is 6.55. The van der Waals surface area contributed by atoms with Gasteiger partial charge in [-0.25, -0.2) is 8.42 Å². The van der Waals surface area contributed by atoms with Gasteiger partial charge in [-0.1, -0.05) is 12.8 Å². The Morgan fingerprint density at radius 1 is 1.31 bits per heavy atom. The number of benzene rings is 1. The second-order valence-corrected chi connectivity index (χ2v) is 8.93. The van der Waals surface area contributed by atoms with Crippen LogP contribution in [0.5, 0.6) is 5.75 Å². The molecule has 7 nitrogen and oxygen atoms in total. The number of hydrogen-bond acceptors (Lipinski definition) is 5. The number of aliphatic hydroxyl groups excluding tert-OH is 1. The maximum Gasteiger partial charge on any atom is 0.255 e. The van der Waals surface area contributed by atoms with Gasteiger partial charge in [-0.2, -0.15) is 4.31 Å². The van der Waals surface area contributed by atoms with Gasteiger partial charge in [0.15, 0.2) is 0 Å². The molecule has 0 aliphatic heterocycles. The van der Waals surface area contributed by atoms with Crippen molar-refractivity contribution in [3.05, 3.63) is 23.8 Å². The first-order valence-electron chi connectivity index (χ1n) is 8.83. The smallest absolute Gasteiger partial charge is 0.255 e. The van der Waals surface area contributed by atoms with Gasteiger partial charge in [0.25, 0.3) is 5.91 Å². The lowest BCUT2D eigenvalue weighted by atomic mass is 9.93. The molecule has 0 saturated heterocycles. The maximum atomic E-state index is 13.0. The molecule has 1 saturated carbocycles. The zero-order valence-corrected chi connectivity index (χ0v) is 16.5. The number of carbonyl (C=O) groups excluding carboxylic acids is 1. The van der Waals surface area contributed by atoms with Crippen molar-refractivity contribution in [2.24, 2.45) is 0 Å². The van der Waals surface area contributed by atoms with Crippen LogP contribution in [0.3, 0.4) is 0 Å². The summed E-state index contributed by atoms with van der Waals surface area (Å²) in [6.45, 7) is 3.65. The first kappa shape index (κ1) is 20.7. The van der Waals surface area contributed by atoms with E-state index in [2.05, 4.69) is 5.32 Å². The Morgan fingerprint density at radius 2 is 1.96 bits per heavy atom. The minimum Gasteiger partial charge on any atom is -0.496 e. The van der Waals surface area contributed by atoms with Crippen LogP contribution in [0.25, 0.3) is 0 Å². The Kier molecular flexibility index (Phi) is 6.65. The summed E-state index contributed by atoms with van der Waals surface area (Å²) in [5, 5.41) is 12.9. The molecule has 1 amide bonds. The third kappa shape index (κ3) is 4.36. The number of nitrogens with one attached hydrogen (secondary N) is 1. The van der Waals surface area contributed by atoms with E-state index in [0.29, 0.717) is 18.6 Å². The molecule has 0 spiro atoms. The van der Waals surface area contributed by atoms with E-state index in [0.717, 1.165) is 12.8 Å². The summed E-state index contributed by atoms with van der Waals surface area (Å²) in [5.41, 5.74) is 0.167. The number of amides is 1. The van der Waals surface area contributed by atoms with Crippen LogP contribution in [0.15, 0.2) is 23.1 Å². The topological polar surface area (TPSA) is 95.9 Å². The summed E-state index contributed by atoms with van der Waals surface area (Å²) in [5.74, 6) is -0.0864. The highest BCUT2D eigenvalue weighted by Crippen LogP contribution is 2.29. The quantitative estimate of drug-likeness (QED) is 0.779. The molecule has 1 aliphatic rings. The molecule has 0 bridgehead atoms. The second kappa shape index (κ2) is 8.37. The number of sulfonamides is 1. The Labute approximate surface area is 155 Å². The van der Waals surface area contributed by atoms with Gasteiger partial charge in [0, 0.05) is 13.1 Å². The molecule has 146 valence electrons. The average Bonchev–Trinajstić information content (AvgIpc) is 2.60. The van der Waals surface area contributed by atoms with Crippen molar-refractivity contribution in [2.75, 3.05) is 14.2 Å².